The summed E-state index contributed by atoms with van der Waals surface area (Å²) >= 11 is 0. The minimum atomic E-state index is 0.544. The van der Waals surface area contributed by atoms with Crippen LogP contribution < -0.4 is 5.32 Å². The molecule has 0 unspecified atom stereocenters. The van der Waals surface area contributed by atoms with E-state index in [0.717, 1.165) is 5.92 Å². The summed E-state index contributed by atoms with van der Waals surface area (Å²) in [7, 11) is 0. The van der Waals surface area contributed by atoms with E-state index in [1.807, 2.05) is 0 Å². The Hall–Kier alpha value is -0.560. The molecule has 2 rings (SSSR count). The zero-order chi connectivity index (χ0) is 10.5. The van der Waals surface area contributed by atoms with E-state index in [0.29, 0.717) is 6.04 Å². The Morgan fingerprint density at radius 2 is 2.13 bits per heavy atom. The second kappa shape index (κ2) is 5.50. The first-order chi connectivity index (χ1) is 7.36. The van der Waals surface area contributed by atoms with Crippen LogP contribution in [0.25, 0.3) is 0 Å². The summed E-state index contributed by atoms with van der Waals surface area (Å²) in [6.07, 6.45) is 15.2. The first-order valence-electron chi connectivity index (χ1n) is 6.46. The van der Waals surface area contributed by atoms with Crippen LogP contribution in [-0.2, 0) is 0 Å². The first kappa shape index (κ1) is 10.9. The van der Waals surface area contributed by atoms with Gasteiger partial charge in [-0.1, -0.05) is 31.1 Å². The first-order valence-corrected chi connectivity index (χ1v) is 6.46. The summed E-state index contributed by atoms with van der Waals surface area (Å²) in [6.45, 7) is 3.50. The van der Waals surface area contributed by atoms with Crippen LogP contribution in [0.15, 0.2) is 23.8 Å². The Morgan fingerprint density at radius 1 is 1.33 bits per heavy atom. The molecule has 1 fully saturated rings. The van der Waals surface area contributed by atoms with E-state index in [-0.39, 0.29) is 0 Å². The molecular weight excluding hydrogens is 182 g/mol. The molecule has 0 amide bonds. The average Bonchev–Trinajstić information content (AvgIpc) is 2.80. The van der Waals surface area contributed by atoms with Crippen LogP contribution in [0.2, 0.25) is 0 Å². The van der Waals surface area contributed by atoms with Crippen molar-refractivity contribution >= 4 is 0 Å². The lowest BCUT2D eigenvalue weighted by Gasteiger charge is -2.19. The van der Waals surface area contributed by atoms with Gasteiger partial charge in [-0.2, -0.15) is 0 Å². The summed E-state index contributed by atoms with van der Waals surface area (Å²) in [5, 5.41) is 3.67. The van der Waals surface area contributed by atoms with Crippen molar-refractivity contribution in [3.05, 3.63) is 23.8 Å². The van der Waals surface area contributed by atoms with Crippen LogP contribution in [0.3, 0.4) is 0 Å². The van der Waals surface area contributed by atoms with Crippen LogP contribution in [0, 0.1) is 5.92 Å². The second-order valence-corrected chi connectivity index (χ2v) is 4.96. The van der Waals surface area contributed by atoms with Crippen molar-refractivity contribution in [1.29, 1.82) is 0 Å². The van der Waals surface area contributed by atoms with Crippen LogP contribution in [0.1, 0.15) is 45.4 Å². The standard InChI is InChI=1S/C14H23N/c1-12(14-9-3-2-4-10-14)15-11-13-7-5-6-8-13/h3,9-10,12-13,15H,2,4-8,11H2,1H3/t12-/m0/s1. The third kappa shape index (κ3) is 3.20. The Bertz CT molecular complexity index is 246. The molecule has 0 bridgehead atoms. The predicted molar refractivity (Wildman–Crippen MR) is 65.9 cm³/mol. The third-order valence-electron chi connectivity index (χ3n) is 3.71. The van der Waals surface area contributed by atoms with E-state index in [4.69, 9.17) is 0 Å². The number of hydrogen-bond acceptors (Lipinski definition) is 1. The zero-order valence-electron chi connectivity index (χ0n) is 9.84. The largest absolute Gasteiger partial charge is 0.310 e. The van der Waals surface area contributed by atoms with Crippen LogP contribution in [0.4, 0.5) is 0 Å². The Kier molecular flexibility index (Phi) is 4.01. The van der Waals surface area contributed by atoms with Gasteiger partial charge in [0.25, 0.3) is 0 Å². The Balaban J connectivity index is 1.73. The highest BCUT2D eigenvalue weighted by Crippen LogP contribution is 2.24. The van der Waals surface area contributed by atoms with Gasteiger partial charge in [0.1, 0.15) is 0 Å². The lowest BCUT2D eigenvalue weighted by Crippen LogP contribution is -2.31. The monoisotopic (exact) mass is 205 g/mol. The van der Waals surface area contributed by atoms with Crippen molar-refractivity contribution < 1.29 is 0 Å². The van der Waals surface area contributed by atoms with Crippen LogP contribution in [0.5, 0.6) is 0 Å². The number of rotatable bonds is 4. The fourth-order valence-corrected chi connectivity index (χ4v) is 2.63. The zero-order valence-corrected chi connectivity index (χ0v) is 9.84. The molecule has 1 heteroatoms. The summed E-state index contributed by atoms with van der Waals surface area (Å²) in [5.41, 5.74) is 1.49. The molecule has 0 saturated heterocycles. The topological polar surface area (TPSA) is 12.0 Å². The predicted octanol–water partition coefficient (Wildman–Crippen LogP) is 3.43. The van der Waals surface area contributed by atoms with Crippen LogP contribution in [-0.4, -0.2) is 12.6 Å². The van der Waals surface area contributed by atoms with Crippen molar-refractivity contribution in [1.82, 2.24) is 5.32 Å². The number of nitrogens with one attached hydrogen (secondary N) is 1. The van der Waals surface area contributed by atoms with E-state index >= 15 is 0 Å². The van der Waals surface area contributed by atoms with E-state index < -0.39 is 0 Å². The van der Waals surface area contributed by atoms with Crippen molar-refractivity contribution in [2.45, 2.75) is 51.5 Å². The van der Waals surface area contributed by atoms with Gasteiger partial charge in [-0.3, -0.25) is 0 Å². The minimum Gasteiger partial charge on any atom is -0.310 e. The molecule has 15 heavy (non-hydrogen) atoms. The maximum atomic E-state index is 3.67. The van der Waals surface area contributed by atoms with E-state index in [9.17, 15) is 0 Å². The maximum Gasteiger partial charge on any atom is 0.0288 e. The molecule has 1 N–H and O–H groups in total. The molecule has 0 radical (unpaired) electrons. The molecular formula is C14H23N. The molecule has 2 aliphatic carbocycles. The molecule has 1 atom stereocenters. The van der Waals surface area contributed by atoms with Crippen molar-refractivity contribution in [2.75, 3.05) is 6.54 Å². The average molecular weight is 205 g/mol. The Morgan fingerprint density at radius 3 is 2.80 bits per heavy atom. The normalized spacial score (nSPS) is 24.2. The van der Waals surface area contributed by atoms with Crippen molar-refractivity contribution in [3.63, 3.8) is 0 Å². The highest BCUT2D eigenvalue weighted by atomic mass is 14.9. The van der Waals surface area contributed by atoms with Gasteiger partial charge < -0.3 is 5.32 Å². The number of allylic oxidation sites excluding steroid dienone is 2. The quantitative estimate of drug-likeness (QED) is 0.741. The highest BCUT2D eigenvalue weighted by molar-refractivity contribution is 5.26. The lowest BCUT2D eigenvalue weighted by molar-refractivity contribution is 0.468. The molecule has 0 heterocycles. The lowest BCUT2D eigenvalue weighted by atomic mass is 10.0. The highest BCUT2D eigenvalue weighted by Gasteiger charge is 2.16. The summed E-state index contributed by atoms with van der Waals surface area (Å²) < 4.78 is 0. The van der Waals surface area contributed by atoms with Gasteiger partial charge in [0.2, 0.25) is 0 Å². The van der Waals surface area contributed by atoms with E-state index in [1.165, 1.54) is 50.6 Å². The molecule has 2 aliphatic rings. The van der Waals surface area contributed by atoms with E-state index in [2.05, 4.69) is 30.5 Å². The van der Waals surface area contributed by atoms with Gasteiger partial charge in [-0.05, 0) is 50.6 Å². The second-order valence-electron chi connectivity index (χ2n) is 4.96. The molecule has 0 aliphatic heterocycles. The number of hydrogen-bond donors (Lipinski definition) is 1. The summed E-state index contributed by atoms with van der Waals surface area (Å²) in [6, 6.07) is 0.544. The van der Waals surface area contributed by atoms with Gasteiger partial charge in [0, 0.05) is 6.04 Å². The molecule has 0 aromatic heterocycles. The summed E-state index contributed by atoms with van der Waals surface area (Å²) in [5.74, 6) is 0.945. The molecule has 0 aromatic rings. The maximum absolute atomic E-state index is 3.67. The fraction of sp³-hybridized carbons (Fsp3) is 0.714. The van der Waals surface area contributed by atoms with E-state index in [1.54, 1.807) is 0 Å². The van der Waals surface area contributed by atoms with Gasteiger partial charge >= 0.3 is 0 Å². The van der Waals surface area contributed by atoms with Gasteiger partial charge in [-0.15, -0.1) is 0 Å². The van der Waals surface area contributed by atoms with Gasteiger partial charge in [-0.25, -0.2) is 0 Å². The van der Waals surface area contributed by atoms with Crippen LogP contribution >= 0.6 is 0 Å². The molecule has 0 aromatic carbocycles. The molecule has 84 valence electrons. The van der Waals surface area contributed by atoms with Gasteiger partial charge in [0.15, 0.2) is 0 Å². The molecule has 0 spiro atoms. The van der Waals surface area contributed by atoms with Crippen molar-refractivity contribution in [3.8, 4) is 0 Å². The molecule has 1 nitrogen and oxygen atoms in total. The Labute approximate surface area is 93.6 Å². The van der Waals surface area contributed by atoms with Crippen molar-refractivity contribution in [2.24, 2.45) is 5.92 Å². The summed E-state index contributed by atoms with van der Waals surface area (Å²) in [4.78, 5) is 0. The minimum absolute atomic E-state index is 0.544. The van der Waals surface area contributed by atoms with Gasteiger partial charge in [0.05, 0.1) is 0 Å². The SMILES string of the molecule is C[C@H](NCC1CCCC1)C1=CCCC=C1. The molecule has 1 saturated carbocycles. The fourth-order valence-electron chi connectivity index (χ4n) is 2.63. The third-order valence-corrected chi connectivity index (χ3v) is 3.71. The smallest absolute Gasteiger partial charge is 0.0288 e.